The molecule has 0 aliphatic heterocycles. The van der Waals surface area contributed by atoms with Crippen molar-refractivity contribution in [1.82, 2.24) is 10.6 Å². The highest BCUT2D eigenvalue weighted by Crippen LogP contribution is 2.32. The molecule has 4 heteroatoms. The van der Waals surface area contributed by atoms with Gasteiger partial charge in [-0.05, 0) is 37.8 Å². The maximum atomic E-state index is 11.7. The number of para-hydroxylation sites is 1. The van der Waals surface area contributed by atoms with E-state index in [0.717, 1.165) is 12.2 Å². The fraction of sp³-hybridized carbons (Fsp3) is 0.533. The third-order valence-corrected chi connectivity index (χ3v) is 3.62. The second kappa shape index (κ2) is 6.45. The summed E-state index contributed by atoms with van der Waals surface area (Å²) in [5, 5.41) is 5.89. The third kappa shape index (κ3) is 4.47. The standard InChI is InChI=1S/C15H23N3O/c1-12(13-8-9-13)17-15(19)16-10-11-18(2)14-6-4-3-5-7-14/h3-7,12-13H,8-11H2,1-2H3,(H2,16,17,19). The minimum absolute atomic E-state index is 0.0548. The van der Waals surface area contributed by atoms with Crippen LogP contribution in [0.25, 0.3) is 0 Å². The number of likely N-dealkylation sites (N-methyl/N-ethyl adjacent to an activating group) is 1. The molecular weight excluding hydrogens is 238 g/mol. The molecule has 2 amide bonds. The molecule has 19 heavy (non-hydrogen) atoms. The van der Waals surface area contributed by atoms with Gasteiger partial charge in [-0.1, -0.05) is 18.2 Å². The van der Waals surface area contributed by atoms with Gasteiger partial charge in [0.1, 0.15) is 0 Å². The smallest absolute Gasteiger partial charge is 0.315 e. The second-order valence-corrected chi connectivity index (χ2v) is 5.28. The van der Waals surface area contributed by atoms with Crippen LogP contribution < -0.4 is 15.5 Å². The minimum Gasteiger partial charge on any atom is -0.373 e. The zero-order chi connectivity index (χ0) is 13.7. The van der Waals surface area contributed by atoms with E-state index in [4.69, 9.17) is 0 Å². The van der Waals surface area contributed by atoms with E-state index >= 15 is 0 Å². The van der Waals surface area contributed by atoms with Crippen LogP contribution in [-0.2, 0) is 0 Å². The highest BCUT2D eigenvalue weighted by molar-refractivity contribution is 5.74. The molecule has 1 fully saturated rings. The summed E-state index contributed by atoms with van der Waals surface area (Å²) in [6.07, 6.45) is 2.50. The first-order chi connectivity index (χ1) is 9.16. The molecule has 1 saturated carbocycles. The Morgan fingerprint density at radius 1 is 1.37 bits per heavy atom. The number of carbonyl (C=O) groups excluding carboxylic acids is 1. The van der Waals surface area contributed by atoms with Gasteiger partial charge in [0.25, 0.3) is 0 Å². The highest BCUT2D eigenvalue weighted by Gasteiger charge is 2.28. The first kappa shape index (κ1) is 13.7. The summed E-state index contributed by atoms with van der Waals surface area (Å²) in [4.78, 5) is 13.8. The lowest BCUT2D eigenvalue weighted by atomic mass is 10.2. The fourth-order valence-corrected chi connectivity index (χ4v) is 2.12. The number of nitrogens with zero attached hydrogens (tertiary/aromatic N) is 1. The highest BCUT2D eigenvalue weighted by atomic mass is 16.2. The van der Waals surface area contributed by atoms with E-state index < -0.39 is 0 Å². The van der Waals surface area contributed by atoms with E-state index in [9.17, 15) is 4.79 Å². The Kier molecular flexibility index (Phi) is 4.66. The van der Waals surface area contributed by atoms with Crippen LogP contribution in [0.2, 0.25) is 0 Å². The van der Waals surface area contributed by atoms with Gasteiger partial charge in [-0.15, -0.1) is 0 Å². The molecule has 1 atom stereocenters. The lowest BCUT2D eigenvalue weighted by Gasteiger charge is -2.20. The van der Waals surface area contributed by atoms with Crippen molar-refractivity contribution in [3.05, 3.63) is 30.3 Å². The summed E-state index contributed by atoms with van der Waals surface area (Å²) >= 11 is 0. The van der Waals surface area contributed by atoms with Crippen LogP contribution in [0.5, 0.6) is 0 Å². The molecule has 2 N–H and O–H groups in total. The van der Waals surface area contributed by atoms with Crippen LogP contribution in [0.4, 0.5) is 10.5 Å². The molecule has 2 rings (SSSR count). The maximum Gasteiger partial charge on any atom is 0.315 e. The summed E-state index contributed by atoms with van der Waals surface area (Å²) in [7, 11) is 2.03. The predicted octanol–water partition coefficient (Wildman–Crippen LogP) is 2.22. The van der Waals surface area contributed by atoms with Gasteiger partial charge < -0.3 is 15.5 Å². The average Bonchev–Trinajstić information content (AvgIpc) is 3.24. The number of benzene rings is 1. The van der Waals surface area contributed by atoms with E-state index in [0.29, 0.717) is 18.5 Å². The summed E-state index contributed by atoms with van der Waals surface area (Å²) in [5.41, 5.74) is 1.16. The van der Waals surface area contributed by atoms with Crippen molar-refractivity contribution in [2.24, 2.45) is 5.92 Å². The van der Waals surface area contributed by atoms with Crippen molar-refractivity contribution in [1.29, 1.82) is 0 Å². The van der Waals surface area contributed by atoms with Crippen LogP contribution in [-0.4, -0.2) is 32.2 Å². The fourth-order valence-electron chi connectivity index (χ4n) is 2.12. The van der Waals surface area contributed by atoms with E-state index in [1.165, 1.54) is 12.8 Å². The summed E-state index contributed by atoms with van der Waals surface area (Å²) < 4.78 is 0. The molecule has 0 heterocycles. The number of rotatable bonds is 6. The molecule has 1 aromatic rings. The third-order valence-electron chi connectivity index (χ3n) is 3.62. The van der Waals surface area contributed by atoms with E-state index in [1.54, 1.807) is 0 Å². The summed E-state index contributed by atoms with van der Waals surface area (Å²) in [5.74, 6) is 0.692. The zero-order valence-corrected chi connectivity index (χ0v) is 11.7. The molecule has 1 aliphatic carbocycles. The first-order valence-electron chi connectivity index (χ1n) is 6.97. The molecule has 0 spiro atoms. The van der Waals surface area contributed by atoms with Gasteiger partial charge >= 0.3 is 6.03 Å². The molecule has 1 aromatic carbocycles. The second-order valence-electron chi connectivity index (χ2n) is 5.28. The van der Waals surface area contributed by atoms with Crippen molar-refractivity contribution in [2.45, 2.75) is 25.8 Å². The normalized spacial score (nSPS) is 15.7. The van der Waals surface area contributed by atoms with Crippen molar-refractivity contribution >= 4 is 11.7 Å². The van der Waals surface area contributed by atoms with E-state index in [1.807, 2.05) is 25.2 Å². The largest absolute Gasteiger partial charge is 0.373 e. The first-order valence-corrected chi connectivity index (χ1v) is 6.97. The topological polar surface area (TPSA) is 44.4 Å². The zero-order valence-electron chi connectivity index (χ0n) is 11.7. The van der Waals surface area contributed by atoms with E-state index in [2.05, 4.69) is 34.6 Å². The number of hydrogen-bond acceptors (Lipinski definition) is 2. The Labute approximate surface area is 115 Å². The van der Waals surface area contributed by atoms with Gasteiger partial charge in [0.05, 0.1) is 0 Å². The van der Waals surface area contributed by atoms with Crippen molar-refractivity contribution < 1.29 is 4.79 Å². The Morgan fingerprint density at radius 2 is 2.05 bits per heavy atom. The van der Waals surface area contributed by atoms with Crippen molar-refractivity contribution in [3.63, 3.8) is 0 Å². The van der Waals surface area contributed by atoms with Gasteiger partial charge in [0.15, 0.2) is 0 Å². The van der Waals surface area contributed by atoms with Crippen LogP contribution >= 0.6 is 0 Å². The van der Waals surface area contributed by atoms with Gasteiger partial charge in [-0.25, -0.2) is 4.79 Å². The molecule has 0 radical (unpaired) electrons. The van der Waals surface area contributed by atoms with Crippen LogP contribution in [0, 0.1) is 5.92 Å². The minimum atomic E-state index is -0.0548. The number of nitrogens with one attached hydrogen (secondary N) is 2. The van der Waals surface area contributed by atoms with Crippen molar-refractivity contribution in [2.75, 3.05) is 25.0 Å². The number of urea groups is 1. The molecular formula is C15H23N3O. The van der Waals surface area contributed by atoms with Gasteiger partial charge in [-0.3, -0.25) is 0 Å². The van der Waals surface area contributed by atoms with Crippen LogP contribution in [0.1, 0.15) is 19.8 Å². The molecule has 0 saturated heterocycles. The lowest BCUT2D eigenvalue weighted by Crippen LogP contribution is -2.44. The number of amides is 2. The molecule has 0 aromatic heterocycles. The molecule has 1 unspecified atom stereocenters. The number of carbonyl (C=O) groups is 1. The SMILES string of the molecule is CC(NC(=O)NCCN(C)c1ccccc1)C1CC1. The van der Waals surface area contributed by atoms with E-state index in [-0.39, 0.29) is 6.03 Å². The number of hydrogen-bond donors (Lipinski definition) is 2. The molecule has 1 aliphatic rings. The average molecular weight is 261 g/mol. The summed E-state index contributed by atoms with van der Waals surface area (Å²) in [6, 6.07) is 10.4. The Bertz CT molecular complexity index is 403. The quantitative estimate of drug-likeness (QED) is 0.824. The molecule has 104 valence electrons. The monoisotopic (exact) mass is 261 g/mol. The molecule has 0 bridgehead atoms. The van der Waals surface area contributed by atoms with Gasteiger partial charge in [0.2, 0.25) is 0 Å². The lowest BCUT2D eigenvalue weighted by molar-refractivity contribution is 0.236. The predicted molar refractivity (Wildman–Crippen MR) is 78.4 cm³/mol. The Morgan fingerprint density at radius 3 is 2.68 bits per heavy atom. The maximum absolute atomic E-state index is 11.7. The van der Waals surface area contributed by atoms with Crippen LogP contribution in [0.15, 0.2) is 30.3 Å². The van der Waals surface area contributed by atoms with Gasteiger partial charge in [0, 0.05) is 31.9 Å². The van der Waals surface area contributed by atoms with Gasteiger partial charge in [-0.2, -0.15) is 0 Å². The molecule has 4 nitrogen and oxygen atoms in total. The number of anilines is 1. The van der Waals surface area contributed by atoms with Crippen LogP contribution in [0.3, 0.4) is 0 Å². The Hall–Kier alpha value is -1.71. The summed E-state index contributed by atoms with van der Waals surface area (Å²) in [6.45, 7) is 3.52. The van der Waals surface area contributed by atoms with Crippen molar-refractivity contribution in [3.8, 4) is 0 Å². The Balaban J connectivity index is 1.64.